The Morgan fingerprint density at radius 1 is 1.47 bits per heavy atom. The maximum atomic E-state index is 13.6. The van der Waals surface area contributed by atoms with Crippen molar-refractivity contribution in [2.75, 3.05) is 7.11 Å². The number of ether oxygens (including phenoxy) is 1. The quantitative estimate of drug-likeness (QED) is 0.837. The number of carbonyl (C=O) groups is 1. The molecule has 0 saturated carbocycles. The third-order valence-electron chi connectivity index (χ3n) is 2.17. The second-order valence-corrected chi connectivity index (χ2v) is 3.31. The number of hydrogen-bond donors (Lipinski definition) is 2. The minimum absolute atomic E-state index is 0.422. The molecule has 0 fully saturated rings. The van der Waals surface area contributed by atoms with Crippen LogP contribution in [0.1, 0.15) is 5.56 Å². The van der Waals surface area contributed by atoms with Gasteiger partial charge < -0.3 is 15.6 Å². The molecule has 17 heavy (non-hydrogen) atoms. The number of halogens is 3. The molecule has 1 unspecified atom stereocenters. The van der Waals surface area contributed by atoms with Crippen LogP contribution in [0.15, 0.2) is 6.07 Å². The number of nitrogens with two attached hydrogens (primary N) is 1. The molecule has 0 spiro atoms. The summed E-state index contributed by atoms with van der Waals surface area (Å²) in [5.41, 5.74) is 4.54. The van der Waals surface area contributed by atoms with E-state index in [1.165, 1.54) is 0 Å². The average Bonchev–Trinajstić information content (AvgIpc) is 2.24. The number of hydrogen-bond acceptors (Lipinski definition) is 3. The van der Waals surface area contributed by atoms with Crippen molar-refractivity contribution in [3.05, 3.63) is 29.1 Å². The number of methoxy groups -OCH3 is 1. The molecule has 1 aromatic carbocycles. The Morgan fingerprint density at radius 2 is 2.06 bits per heavy atom. The van der Waals surface area contributed by atoms with Crippen LogP contribution in [-0.2, 0) is 11.2 Å². The zero-order valence-corrected chi connectivity index (χ0v) is 8.84. The van der Waals surface area contributed by atoms with E-state index >= 15 is 0 Å². The Labute approximate surface area is 94.8 Å². The first-order chi connectivity index (χ1) is 7.88. The van der Waals surface area contributed by atoms with Gasteiger partial charge in [-0.3, -0.25) is 4.79 Å². The predicted octanol–water partition coefficient (Wildman–Crippen LogP) is 1.07. The van der Waals surface area contributed by atoms with E-state index in [1.807, 2.05) is 0 Å². The molecule has 0 aliphatic heterocycles. The molecule has 1 rings (SSSR count). The lowest BCUT2D eigenvalue weighted by molar-refractivity contribution is -0.138. The Kier molecular flexibility index (Phi) is 3.95. The number of aliphatic carboxylic acids is 1. The first-order valence-electron chi connectivity index (χ1n) is 4.57. The van der Waals surface area contributed by atoms with Gasteiger partial charge in [-0.15, -0.1) is 0 Å². The van der Waals surface area contributed by atoms with Crippen LogP contribution in [0, 0.1) is 17.5 Å². The van der Waals surface area contributed by atoms with Crippen LogP contribution < -0.4 is 10.5 Å². The van der Waals surface area contributed by atoms with Gasteiger partial charge in [0.1, 0.15) is 11.9 Å². The highest BCUT2D eigenvalue weighted by Crippen LogP contribution is 2.27. The lowest BCUT2D eigenvalue weighted by Gasteiger charge is -2.11. The van der Waals surface area contributed by atoms with Crippen LogP contribution in [0.4, 0.5) is 13.2 Å². The largest absolute Gasteiger partial charge is 0.491 e. The van der Waals surface area contributed by atoms with E-state index in [0.717, 1.165) is 7.11 Å². The highest BCUT2D eigenvalue weighted by molar-refractivity contribution is 5.73. The molecule has 0 bridgehead atoms. The average molecular weight is 249 g/mol. The Bertz CT molecular complexity index is 451. The van der Waals surface area contributed by atoms with Crippen LogP contribution in [0.25, 0.3) is 0 Å². The molecule has 3 N–H and O–H groups in total. The fourth-order valence-electron chi connectivity index (χ4n) is 1.29. The first kappa shape index (κ1) is 13.3. The Balaban J connectivity index is 3.20. The highest BCUT2D eigenvalue weighted by atomic mass is 19.1. The molecule has 7 heteroatoms. The third kappa shape index (κ3) is 2.68. The van der Waals surface area contributed by atoms with Crippen molar-refractivity contribution in [2.24, 2.45) is 5.73 Å². The summed E-state index contributed by atoms with van der Waals surface area (Å²) in [4.78, 5) is 10.5. The molecule has 94 valence electrons. The van der Waals surface area contributed by atoms with Crippen molar-refractivity contribution in [1.29, 1.82) is 0 Å². The smallest absolute Gasteiger partial charge is 0.320 e. The second-order valence-electron chi connectivity index (χ2n) is 3.31. The minimum atomic E-state index is -1.48. The summed E-state index contributed by atoms with van der Waals surface area (Å²) in [5.74, 6) is -5.85. The third-order valence-corrected chi connectivity index (χ3v) is 2.17. The summed E-state index contributed by atoms with van der Waals surface area (Å²) in [6.07, 6.45) is -0.594. The molecule has 1 aromatic rings. The summed E-state index contributed by atoms with van der Waals surface area (Å²) >= 11 is 0. The number of carboxylic acids is 1. The van der Waals surface area contributed by atoms with Crippen molar-refractivity contribution >= 4 is 5.97 Å². The molecule has 4 nitrogen and oxygen atoms in total. The fourth-order valence-corrected chi connectivity index (χ4v) is 1.29. The van der Waals surface area contributed by atoms with Crippen molar-refractivity contribution < 1.29 is 27.8 Å². The summed E-state index contributed by atoms with van der Waals surface area (Å²) in [6, 6.07) is -1.06. The molecule has 0 aliphatic carbocycles. The van der Waals surface area contributed by atoms with E-state index < -0.39 is 47.2 Å². The topological polar surface area (TPSA) is 72.5 Å². The van der Waals surface area contributed by atoms with E-state index in [9.17, 15) is 18.0 Å². The zero-order valence-electron chi connectivity index (χ0n) is 8.84. The number of carboxylic acid groups (broad SMARTS) is 1. The Morgan fingerprint density at radius 3 is 2.53 bits per heavy atom. The number of rotatable bonds is 4. The van der Waals surface area contributed by atoms with Gasteiger partial charge in [-0.1, -0.05) is 0 Å². The van der Waals surface area contributed by atoms with Gasteiger partial charge in [-0.05, 0) is 0 Å². The van der Waals surface area contributed by atoms with E-state index in [1.54, 1.807) is 0 Å². The molecule has 1 atom stereocenters. The van der Waals surface area contributed by atoms with Gasteiger partial charge in [0.15, 0.2) is 17.4 Å². The van der Waals surface area contributed by atoms with Gasteiger partial charge in [0.2, 0.25) is 0 Å². The van der Waals surface area contributed by atoms with Gasteiger partial charge in [0, 0.05) is 18.1 Å². The van der Waals surface area contributed by atoms with Gasteiger partial charge in [-0.25, -0.2) is 13.2 Å². The first-order valence-corrected chi connectivity index (χ1v) is 4.57. The molecule has 0 radical (unpaired) electrons. The van der Waals surface area contributed by atoms with Crippen LogP contribution in [-0.4, -0.2) is 24.2 Å². The van der Waals surface area contributed by atoms with Crippen molar-refractivity contribution in [3.8, 4) is 5.75 Å². The summed E-state index contributed by atoms with van der Waals surface area (Å²) in [5, 5.41) is 8.53. The SMILES string of the molecule is COc1c(F)cc(F)c(CC(N)C(=O)O)c1F. The molecule has 0 saturated heterocycles. The van der Waals surface area contributed by atoms with Crippen LogP contribution >= 0.6 is 0 Å². The predicted molar refractivity (Wildman–Crippen MR) is 52.2 cm³/mol. The van der Waals surface area contributed by atoms with Crippen LogP contribution in [0.2, 0.25) is 0 Å². The molecular weight excluding hydrogens is 239 g/mol. The fraction of sp³-hybridized carbons (Fsp3) is 0.300. The molecule has 0 heterocycles. The molecule has 0 aromatic heterocycles. The minimum Gasteiger partial charge on any atom is -0.491 e. The van der Waals surface area contributed by atoms with Gasteiger partial charge in [0.25, 0.3) is 0 Å². The van der Waals surface area contributed by atoms with E-state index in [-0.39, 0.29) is 0 Å². The van der Waals surface area contributed by atoms with Crippen molar-refractivity contribution in [1.82, 2.24) is 0 Å². The lowest BCUT2D eigenvalue weighted by atomic mass is 10.0. The van der Waals surface area contributed by atoms with Gasteiger partial charge in [0.05, 0.1) is 7.11 Å². The van der Waals surface area contributed by atoms with Crippen LogP contribution in [0.5, 0.6) is 5.75 Å². The summed E-state index contributed by atoms with van der Waals surface area (Å²) in [6.45, 7) is 0. The second kappa shape index (κ2) is 5.05. The molecular formula is C10H10F3NO3. The van der Waals surface area contributed by atoms with Gasteiger partial charge in [-0.2, -0.15) is 0 Å². The van der Waals surface area contributed by atoms with Crippen LogP contribution in [0.3, 0.4) is 0 Å². The Hall–Kier alpha value is -1.76. The zero-order chi connectivity index (χ0) is 13.2. The maximum absolute atomic E-state index is 13.6. The summed E-state index contributed by atoms with van der Waals surface area (Å²) < 4.78 is 44.3. The number of benzene rings is 1. The standard InChI is InChI=1S/C10H10F3NO3/c1-17-9-6(12)3-5(11)4(8(9)13)2-7(14)10(15)16/h3,7H,2,14H2,1H3,(H,15,16). The van der Waals surface area contributed by atoms with Crippen molar-refractivity contribution in [3.63, 3.8) is 0 Å². The van der Waals surface area contributed by atoms with Crippen molar-refractivity contribution in [2.45, 2.75) is 12.5 Å². The van der Waals surface area contributed by atoms with E-state index in [4.69, 9.17) is 10.8 Å². The van der Waals surface area contributed by atoms with E-state index in [2.05, 4.69) is 4.74 Å². The normalized spacial score (nSPS) is 12.3. The monoisotopic (exact) mass is 249 g/mol. The molecule has 0 aliphatic rings. The maximum Gasteiger partial charge on any atom is 0.320 e. The molecule has 0 amide bonds. The lowest BCUT2D eigenvalue weighted by Crippen LogP contribution is -2.33. The highest BCUT2D eigenvalue weighted by Gasteiger charge is 2.23. The summed E-state index contributed by atoms with van der Waals surface area (Å²) in [7, 11) is 1.01. The van der Waals surface area contributed by atoms with Gasteiger partial charge >= 0.3 is 5.97 Å². The van der Waals surface area contributed by atoms with E-state index in [0.29, 0.717) is 6.07 Å².